The van der Waals surface area contributed by atoms with E-state index in [9.17, 15) is 4.39 Å². The van der Waals surface area contributed by atoms with Crippen LogP contribution in [0.4, 0.5) is 15.8 Å². The monoisotopic (exact) mass is 267 g/mol. The first-order valence-corrected chi connectivity index (χ1v) is 6.52. The lowest BCUT2D eigenvalue weighted by molar-refractivity contribution is 0.623. The summed E-state index contributed by atoms with van der Waals surface area (Å²) in [5.41, 5.74) is 9.54. The summed E-state index contributed by atoms with van der Waals surface area (Å²) in [5, 5.41) is 12.3. The highest BCUT2D eigenvalue weighted by Gasteiger charge is 2.23. The summed E-state index contributed by atoms with van der Waals surface area (Å²) in [7, 11) is 0. The van der Waals surface area contributed by atoms with Crippen LogP contribution in [-0.2, 0) is 6.42 Å². The summed E-state index contributed by atoms with van der Waals surface area (Å²) in [4.78, 5) is 0. The average molecular weight is 267 g/mol. The number of benzene rings is 2. The van der Waals surface area contributed by atoms with Crippen molar-refractivity contribution in [2.45, 2.75) is 18.9 Å². The number of nitrogens with two attached hydrogens (primary N) is 1. The summed E-state index contributed by atoms with van der Waals surface area (Å²) in [6.07, 6.45) is 1.86. The van der Waals surface area contributed by atoms with E-state index in [1.54, 1.807) is 12.1 Å². The van der Waals surface area contributed by atoms with Crippen LogP contribution in [0.15, 0.2) is 36.4 Å². The fourth-order valence-corrected chi connectivity index (χ4v) is 2.73. The average Bonchev–Trinajstić information content (AvgIpc) is 2.81. The van der Waals surface area contributed by atoms with Gasteiger partial charge in [-0.2, -0.15) is 5.26 Å². The first kappa shape index (κ1) is 12.5. The Balaban J connectivity index is 1.92. The molecule has 0 saturated heterocycles. The van der Waals surface area contributed by atoms with E-state index in [2.05, 4.69) is 5.32 Å². The second-order valence-electron chi connectivity index (χ2n) is 4.97. The molecule has 2 aromatic rings. The first-order valence-electron chi connectivity index (χ1n) is 6.52. The van der Waals surface area contributed by atoms with Gasteiger partial charge in [-0.05, 0) is 48.2 Å². The number of hydrogen-bond acceptors (Lipinski definition) is 3. The van der Waals surface area contributed by atoms with Crippen LogP contribution >= 0.6 is 0 Å². The van der Waals surface area contributed by atoms with Gasteiger partial charge in [0.05, 0.1) is 11.7 Å². The van der Waals surface area contributed by atoms with Gasteiger partial charge in [0, 0.05) is 5.69 Å². The molecular formula is C16H14FN3. The molecule has 0 bridgehead atoms. The molecule has 0 amide bonds. The highest BCUT2D eigenvalue weighted by atomic mass is 19.1. The predicted molar refractivity (Wildman–Crippen MR) is 76.7 cm³/mol. The molecule has 0 aliphatic heterocycles. The number of aryl methyl sites for hydroxylation is 1. The Hall–Kier alpha value is -2.54. The van der Waals surface area contributed by atoms with Crippen LogP contribution in [0.1, 0.15) is 29.2 Å². The normalized spacial score (nSPS) is 16.5. The van der Waals surface area contributed by atoms with E-state index < -0.39 is 5.82 Å². The molecule has 0 spiro atoms. The number of anilines is 2. The van der Waals surface area contributed by atoms with Gasteiger partial charge in [0.1, 0.15) is 17.4 Å². The summed E-state index contributed by atoms with van der Waals surface area (Å²) in [6.45, 7) is 0. The van der Waals surface area contributed by atoms with E-state index in [-0.39, 0.29) is 11.6 Å². The molecule has 0 heterocycles. The molecule has 20 heavy (non-hydrogen) atoms. The molecule has 0 fully saturated rings. The molecule has 0 saturated carbocycles. The number of fused-ring (bicyclic) bond motifs is 1. The van der Waals surface area contributed by atoms with Gasteiger partial charge in [0.25, 0.3) is 0 Å². The van der Waals surface area contributed by atoms with Crippen molar-refractivity contribution in [3.05, 3.63) is 58.9 Å². The minimum absolute atomic E-state index is 0.0661. The molecule has 2 aromatic carbocycles. The van der Waals surface area contributed by atoms with Gasteiger partial charge in [0.15, 0.2) is 0 Å². The number of hydrogen-bond donors (Lipinski definition) is 2. The zero-order valence-electron chi connectivity index (χ0n) is 10.9. The zero-order chi connectivity index (χ0) is 14.1. The van der Waals surface area contributed by atoms with E-state index in [0.29, 0.717) is 5.69 Å². The van der Waals surface area contributed by atoms with E-state index in [4.69, 9.17) is 11.0 Å². The largest absolute Gasteiger partial charge is 0.399 e. The third kappa shape index (κ3) is 2.08. The lowest BCUT2D eigenvalue weighted by atomic mass is 10.1. The number of rotatable bonds is 2. The van der Waals surface area contributed by atoms with Gasteiger partial charge in [-0.3, -0.25) is 0 Å². The summed E-state index contributed by atoms with van der Waals surface area (Å²) in [5.74, 6) is -0.493. The van der Waals surface area contributed by atoms with Gasteiger partial charge in [0.2, 0.25) is 0 Å². The molecule has 1 aliphatic carbocycles. The summed E-state index contributed by atoms with van der Waals surface area (Å²) < 4.78 is 13.6. The predicted octanol–water partition coefficient (Wildman–Crippen LogP) is 3.38. The van der Waals surface area contributed by atoms with Crippen molar-refractivity contribution >= 4 is 11.4 Å². The lowest BCUT2D eigenvalue weighted by Crippen LogP contribution is -2.09. The van der Waals surface area contributed by atoms with Crippen molar-refractivity contribution in [3.63, 3.8) is 0 Å². The summed E-state index contributed by atoms with van der Waals surface area (Å²) >= 11 is 0. The number of nitrogens with one attached hydrogen (secondary N) is 1. The van der Waals surface area contributed by atoms with Crippen molar-refractivity contribution in [1.82, 2.24) is 0 Å². The van der Waals surface area contributed by atoms with Crippen LogP contribution in [0, 0.1) is 17.1 Å². The van der Waals surface area contributed by atoms with Crippen LogP contribution in [0.25, 0.3) is 0 Å². The molecule has 3 N–H and O–H groups in total. The Morgan fingerprint density at radius 3 is 2.95 bits per heavy atom. The van der Waals surface area contributed by atoms with Crippen molar-refractivity contribution in [3.8, 4) is 6.07 Å². The Morgan fingerprint density at radius 1 is 1.30 bits per heavy atom. The number of nitrogen functional groups attached to an aromatic ring is 1. The molecule has 1 aliphatic rings. The smallest absolute Gasteiger partial charge is 0.143 e. The van der Waals surface area contributed by atoms with Crippen LogP contribution in [0.3, 0.4) is 0 Å². The highest BCUT2D eigenvalue weighted by molar-refractivity contribution is 5.60. The van der Waals surface area contributed by atoms with E-state index >= 15 is 0 Å². The van der Waals surface area contributed by atoms with Crippen LogP contribution in [0.2, 0.25) is 0 Å². The second kappa shape index (κ2) is 4.86. The SMILES string of the molecule is N#Cc1c(F)cccc1NC1CCc2cc(N)ccc21. The maximum atomic E-state index is 13.6. The topological polar surface area (TPSA) is 61.8 Å². The second-order valence-corrected chi connectivity index (χ2v) is 4.97. The van der Waals surface area contributed by atoms with E-state index in [0.717, 1.165) is 18.5 Å². The van der Waals surface area contributed by atoms with E-state index in [1.807, 2.05) is 24.3 Å². The fourth-order valence-electron chi connectivity index (χ4n) is 2.73. The molecule has 1 atom stereocenters. The minimum Gasteiger partial charge on any atom is -0.399 e. The molecule has 1 unspecified atom stereocenters. The maximum Gasteiger partial charge on any atom is 0.143 e. The van der Waals surface area contributed by atoms with E-state index in [1.165, 1.54) is 17.2 Å². The Labute approximate surface area is 116 Å². The first-order chi connectivity index (χ1) is 9.69. The number of nitriles is 1. The van der Waals surface area contributed by atoms with Crippen molar-refractivity contribution in [2.75, 3.05) is 11.1 Å². The van der Waals surface area contributed by atoms with Gasteiger partial charge in [-0.15, -0.1) is 0 Å². The van der Waals surface area contributed by atoms with Crippen molar-refractivity contribution < 1.29 is 4.39 Å². The van der Waals surface area contributed by atoms with Crippen LogP contribution in [-0.4, -0.2) is 0 Å². The van der Waals surface area contributed by atoms with Gasteiger partial charge in [-0.25, -0.2) is 4.39 Å². The molecule has 3 nitrogen and oxygen atoms in total. The maximum absolute atomic E-state index is 13.6. The van der Waals surface area contributed by atoms with Gasteiger partial charge < -0.3 is 11.1 Å². The summed E-state index contributed by atoms with van der Waals surface area (Å²) in [6, 6.07) is 12.5. The molecule has 0 radical (unpaired) electrons. The number of nitrogens with zero attached hydrogens (tertiary/aromatic N) is 1. The van der Waals surface area contributed by atoms with Gasteiger partial charge >= 0.3 is 0 Å². The fraction of sp³-hybridized carbons (Fsp3) is 0.188. The Kier molecular flexibility index (Phi) is 3.03. The third-order valence-corrected chi connectivity index (χ3v) is 3.70. The van der Waals surface area contributed by atoms with Crippen LogP contribution < -0.4 is 11.1 Å². The molecule has 0 aromatic heterocycles. The zero-order valence-corrected chi connectivity index (χ0v) is 10.9. The highest BCUT2D eigenvalue weighted by Crippen LogP contribution is 2.35. The van der Waals surface area contributed by atoms with Crippen molar-refractivity contribution in [2.24, 2.45) is 0 Å². The Morgan fingerprint density at radius 2 is 2.15 bits per heavy atom. The molecule has 4 heteroatoms. The molecule has 3 rings (SSSR count). The van der Waals surface area contributed by atoms with Crippen molar-refractivity contribution in [1.29, 1.82) is 5.26 Å². The quantitative estimate of drug-likeness (QED) is 0.820. The minimum atomic E-state index is -0.493. The van der Waals surface area contributed by atoms with Gasteiger partial charge in [-0.1, -0.05) is 12.1 Å². The number of halogens is 1. The standard InChI is InChI=1S/C16H14FN3/c17-14-2-1-3-15(13(14)9-18)20-16-7-4-10-8-11(19)5-6-12(10)16/h1-3,5-6,8,16,20H,4,7,19H2. The van der Waals surface area contributed by atoms with Crippen LogP contribution in [0.5, 0.6) is 0 Å². The lowest BCUT2D eigenvalue weighted by Gasteiger charge is -2.17. The Bertz CT molecular complexity index is 703. The molecule has 100 valence electrons. The third-order valence-electron chi connectivity index (χ3n) is 3.70. The molecular weight excluding hydrogens is 253 g/mol.